The van der Waals surface area contributed by atoms with Crippen LogP contribution in [0.1, 0.15) is 22.7 Å². The number of terminal acetylenes is 1. The summed E-state index contributed by atoms with van der Waals surface area (Å²) in [5.41, 5.74) is 3.10. The highest BCUT2D eigenvalue weighted by molar-refractivity contribution is 6.06. The Bertz CT molecular complexity index is 557. The first kappa shape index (κ1) is 12.2. The zero-order chi connectivity index (χ0) is 13.3. The molecule has 2 amide bonds. The third kappa shape index (κ3) is 1.95. The number of carbonyl (C=O) groups is 1. The van der Waals surface area contributed by atoms with Crippen LogP contribution in [-0.4, -0.2) is 23.3 Å². The van der Waals surface area contributed by atoms with Crippen molar-refractivity contribution in [3.8, 4) is 12.3 Å². The highest BCUT2D eigenvalue weighted by Gasteiger charge is 2.36. The van der Waals surface area contributed by atoms with Crippen LogP contribution in [0.5, 0.6) is 0 Å². The van der Waals surface area contributed by atoms with Crippen LogP contribution in [0.25, 0.3) is 0 Å². The van der Waals surface area contributed by atoms with E-state index in [1.807, 2.05) is 32.0 Å². The Labute approximate surface area is 107 Å². The predicted molar refractivity (Wildman–Crippen MR) is 70.5 cm³/mol. The number of hydrogen-bond donors (Lipinski definition) is 2. The van der Waals surface area contributed by atoms with Crippen LogP contribution in [-0.2, 0) is 0 Å². The monoisotopic (exact) mass is 241 g/mol. The van der Waals surface area contributed by atoms with Gasteiger partial charge in [0.25, 0.3) is 0 Å². The number of hydrogen-bond acceptors (Lipinski definition) is 2. The van der Waals surface area contributed by atoms with E-state index in [2.05, 4.69) is 11.2 Å². The number of benzene rings is 1. The van der Waals surface area contributed by atoms with Crippen molar-refractivity contribution < 1.29 is 4.79 Å². The fraction of sp³-hybridized carbons (Fsp3) is 0.286. The normalized spacial score (nSPS) is 18.7. The van der Waals surface area contributed by atoms with Crippen molar-refractivity contribution in [1.82, 2.24) is 10.2 Å². The van der Waals surface area contributed by atoms with E-state index >= 15 is 0 Å². The quantitative estimate of drug-likeness (QED) is 0.764. The zero-order valence-electron chi connectivity index (χ0n) is 10.4. The summed E-state index contributed by atoms with van der Waals surface area (Å²) < 4.78 is 0. The Morgan fingerprint density at radius 1 is 1.50 bits per heavy atom. The van der Waals surface area contributed by atoms with Crippen molar-refractivity contribution in [1.29, 1.82) is 5.41 Å². The van der Waals surface area contributed by atoms with E-state index in [9.17, 15) is 4.79 Å². The maximum absolute atomic E-state index is 11.7. The molecule has 92 valence electrons. The summed E-state index contributed by atoms with van der Waals surface area (Å²) in [6, 6.07) is 5.31. The summed E-state index contributed by atoms with van der Waals surface area (Å²) in [4.78, 5) is 13.2. The molecule has 0 aromatic heterocycles. The molecule has 2 N–H and O–H groups in total. The van der Waals surface area contributed by atoms with E-state index in [0.717, 1.165) is 16.7 Å². The largest absolute Gasteiger partial charge is 0.324 e. The molecule has 18 heavy (non-hydrogen) atoms. The summed E-state index contributed by atoms with van der Waals surface area (Å²) in [6.45, 7) is 4.16. The Morgan fingerprint density at radius 3 is 2.89 bits per heavy atom. The van der Waals surface area contributed by atoms with E-state index in [1.54, 1.807) is 0 Å². The number of nitrogens with one attached hydrogen (secondary N) is 2. The predicted octanol–water partition coefficient (Wildman–Crippen LogP) is 1.98. The molecule has 1 aromatic rings. The molecule has 1 fully saturated rings. The van der Waals surface area contributed by atoms with E-state index < -0.39 is 6.04 Å². The molecule has 1 atom stereocenters. The molecule has 0 saturated carbocycles. The minimum absolute atomic E-state index is 0.184. The first-order valence-corrected chi connectivity index (χ1v) is 5.71. The standard InChI is InChI=1S/C14H15N3O/c1-4-7-17-12(13(15)16-14(17)18)11-8-9(2)5-6-10(11)3/h1,5-6,8,12H,7H2,2-3H3,(H2,15,16,18). The molecule has 1 aliphatic heterocycles. The third-order valence-corrected chi connectivity index (χ3v) is 3.08. The van der Waals surface area contributed by atoms with Gasteiger partial charge in [0, 0.05) is 0 Å². The van der Waals surface area contributed by atoms with Crippen LogP contribution < -0.4 is 5.32 Å². The maximum atomic E-state index is 11.7. The molecular formula is C14H15N3O. The molecule has 1 saturated heterocycles. The number of aryl methyl sites for hydroxylation is 2. The van der Waals surface area contributed by atoms with Crippen LogP contribution >= 0.6 is 0 Å². The summed E-state index contributed by atoms with van der Waals surface area (Å²) in [6.07, 6.45) is 5.28. The highest BCUT2D eigenvalue weighted by Crippen LogP contribution is 2.28. The molecule has 4 heteroatoms. The molecule has 1 heterocycles. The summed E-state index contributed by atoms with van der Waals surface area (Å²) in [5, 5.41) is 10.4. The molecule has 1 aromatic carbocycles. The lowest BCUT2D eigenvalue weighted by Gasteiger charge is -2.22. The second-order valence-corrected chi connectivity index (χ2v) is 4.44. The maximum Gasteiger partial charge on any atom is 0.324 e. The smallest absolute Gasteiger partial charge is 0.299 e. The SMILES string of the molecule is C#CCN1C(=O)NC(=N)C1c1cc(C)ccc1C. The molecule has 0 radical (unpaired) electrons. The average molecular weight is 241 g/mol. The van der Waals surface area contributed by atoms with Gasteiger partial charge < -0.3 is 0 Å². The second-order valence-electron chi connectivity index (χ2n) is 4.44. The summed E-state index contributed by atoms with van der Waals surface area (Å²) in [7, 11) is 0. The van der Waals surface area contributed by atoms with E-state index in [0.29, 0.717) is 0 Å². The first-order chi connectivity index (χ1) is 8.54. The van der Waals surface area contributed by atoms with Crippen LogP contribution in [0.4, 0.5) is 4.79 Å². The molecular weight excluding hydrogens is 226 g/mol. The minimum Gasteiger partial charge on any atom is -0.299 e. The Morgan fingerprint density at radius 2 is 2.22 bits per heavy atom. The van der Waals surface area contributed by atoms with Gasteiger partial charge in [0.2, 0.25) is 0 Å². The lowest BCUT2D eigenvalue weighted by molar-refractivity contribution is 0.212. The number of carbonyl (C=O) groups excluding carboxylic acids is 1. The number of rotatable bonds is 2. The van der Waals surface area contributed by atoms with Crippen molar-refractivity contribution in [2.24, 2.45) is 0 Å². The number of urea groups is 1. The van der Waals surface area contributed by atoms with Gasteiger partial charge in [-0.2, -0.15) is 0 Å². The molecule has 1 unspecified atom stereocenters. The second kappa shape index (κ2) is 4.53. The fourth-order valence-corrected chi connectivity index (χ4v) is 2.17. The summed E-state index contributed by atoms with van der Waals surface area (Å²) in [5.74, 6) is 2.65. The number of nitrogens with zero attached hydrogens (tertiary/aromatic N) is 1. The van der Waals surface area contributed by atoms with E-state index in [4.69, 9.17) is 11.8 Å². The van der Waals surface area contributed by atoms with Crippen LogP contribution in [0, 0.1) is 31.6 Å². The lowest BCUT2D eigenvalue weighted by Crippen LogP contribution is -2.30. The molecule has 0 aliphatic carbocycles. The molecule has 1 aliphatic rings. The van der Waals surface area contributed by atoms with E-state index in [1.165, 1.54) is 4.90 Å². The van der Waals surface area contributed by atoms with Gasteiger partial charge in [-0.25, -0.2) is 4.79 Å². The lowest BCUT2D eigenvalue weighted by atomic mass is 9.98. The van der Waals surface area contributed by atoms with Crippen LogP contribution in [0.3, 0.4) is 0 Å². The van der Waals surface area contributed by atoms with Crippen molar-refractivity contribution >= 4 is 11.9 Å². The Kier molecular flexibility index (Phi) is 3.07. The van der Waals surface area contributed by atoms with Gasteiger partial charge in [-0.1, -0.05) is 29.7 Å². The van der Waals surface area contributed by atoms with E-state index in [-0.39, 0.29) is 18.4 Å². The Balaban J connectivity index is 2.47. The van der Waals surface area contributed by atoms with Gasteiger partial charge in [0.05, 0.1) is 6.54 Å². The van der Waals surface area contributed by atoms with Gasteiger partial charge >= 0.3 is 6.03 Å². The topological polar surface area (TPSA) is 56.2 Å². The minimum atomic E-state index is -0.395. The van der Waals surface area contributed by atoms with Gasteiger partial charge in [-0.05, 0) is 25.0 Å². The zero-order valence-corrected chi connectivity index (χ0v) is 10.4. The van der Waals surface area contributed by atoms with Crippen LogP contribution in [0.2, 0.25) is 0 Å². The van der Waals surface area contributed by atoms with Crippen molar-refractivity contribution in [2.75, 3.05) is 6.54 Å². The fourth-order valence-electron chi connectivity index (χ4n) is 2.17. The van der Waals surface area contributed by atoms with Gasteiger partial charge in [-0.15, -0.1) is 6.42 Å². The first-order valence-electron chi connectivity index (χ1n) is 5.71. The van der Waals surface area contributed by atoms with Crippen molar-refractivity contribution in [2.45, 2.75) is 19.9 Å². The highest BCUT2D eigenvalue weighted by atomic mass is 16.2. The molecule has 0 bridgehead atoms. The van der Waals surface area contributed by atoms with Gasteiger partial charge in [0.15, 0.2) is 0 Å². The number of amidine groups is 1. The Hall–Kier alpha value is -2.28. The van der Waals surface area contributed by atoms with Gasteiger partial charge in [-0.3, -0.25) is 15.6 Å². The average Bonchev–Trinajstić information content (AvgIpc) is 2.58. The molecule has 4 nitrogen and oxygen atoms in total. The number of amides is 2. The van der Waals surface area contributed by atoms with Crippen LogP contribution in [0.15, 0.2) is 18.2 Å². The summed E-state index contributed by atoms with van der Waals surface area (Å²) >= 11 is 0. The van der Waals surface area contributed by atoms with Crippen molar-refractivity contribution in [3.05, 3.63) is 34.9 Å². The third-order valence-electron chi connectivity index (χ3n) is 3.08. The van der Waals surface area contributed by atoms with Gasteiger partial charge in [0.1, 0.15) is 11.9 Å². The van der Waals surface area contributed by atoms with Crippen molar-refractivity contribution in [3.63, 3.8) is 0 Å². The molecule has 2 rings (SSSR count). The molecule has 0 spiro atoms.